The monoisotopic (exact) mass is 424 g/mol. The van der Waals surface area contributed by atoms with Gasteiger partial charge in [-0.15, -0.1) is 0 Å². The summed E-state index contributed by atoms with van der Waals surface area (Å²) in [5.74, 6) is -26.5. The standard InChI is InChI=1S/C17H17F9O2/c1-9(2)8-28-12-6-4-3-5-10(12)11(27)7-13(18)14(19,20)16(23,24)17(25,26)15(13,21)22/h3-6,9,11,27H,7-8H2,1-2H3. The largest absolute Gasteiger partial charge is 0.493 e. The van der Waals surface area contributed by atoms with E-state index in [4.69, 9.17) is 4.74 Å². The fraction of sp³-hybridized carbons (Fsp3) is 0.647. The van der Waals surface area contributed by atoms with E-state index in [0.717, 1.165) is 6.07 Å². The molecule has 0 heterocycles. The van der Waals surface area contributed by atoms with E-state index >= 15 is 0 Å². The fourth-order valence-electron chi connectivity index (χ4n) is 2.87. The average Bonchev–Trinajstić information content (AvgIpc) is 2.63. The lowest BCUT2D eigenvalue weighted by molar-refractivity contribution is -0.303. The van der Waals surface area contributed by atoms with Crippen molar-refractivity contribution in [3.63, 3.8) is 0 Å². The SMILES string of the molecule is CC(C)COc1ccccc1C(O)CC1(F)C(F)(F)C(F)(F)C(F)(F)C1(F)F. The first-order valence-corrected chi connectivity index (χ1v) is 8.14. The molecule has 1 aromatic carbocycles. The molecule has 1 fully saturated rings. The molecule has 1 N–H and O–H groups in total. The van der Waals surface area contributed by atoms with Crippen LogP contribution in [0.1, 0.15) is 31.9 Å². The Kier molecular flexibility index (Phi) is 5.42. The van der Waals surface area contributed by atoms with Gasteiger partial charge in [-0.05, 0) is 12.0 Å². The topological polar surface area (TPSA) is 29.5 Å². The van der Waals surface area contributed by atoms with E-state index in [1.54, 1.807) is 13.8 Å². The Morgan fingerprint density at radius 2 is 1.29 bits per heavy atom. The molecule has 1 unspecified atom stereocenters. The number of hydrogen-bond acceptors (Lipinski definition) is 2. The van der Waals surface area contributed by atoms with E-state index in [2.05, 4.69) is 0 Å². The number of halogens is 9. The molecule has 1 atom stereocenters. The van der Waals surface area contributed by atoms with Gasteiger partial charge in [0.15, 0.2) is 0 Å². The normalized spacial score (nSPS) is 24.9. The molecule has 0 aliphatic heterocycles. The van der Waals surface area contributed by atoms with Crippen molar-refractivity contribution in [2.75, 3.05) is 6.61 Å². The van der Waals surface area contributed by atoms with E-state index in [-0.39, 0.29) is 18.3 Å². The van der Waals surface area contributed by atoms with Crippen LogP contribution in [0.2, 0.25) is 0 Å². The highest BCUT2D eigenvalue weighted by Crippen LogP contribution is 2.70. The van der Waals surface area contributed by atoms with E-state index in [1.165, 1.54) is 18.2 Å². The number of hydrogen-bond donors (Lipinski definition) is 1. The molecule has 2 rings (SSSR count). The van der Waals surface area contributed by atoms with Crippen LogP contribution >= 0.6 is 0 Å². The van der Waals surface area contributed by atoms with Crippen LogP contribution in [0.5, 0.6) is 5.75 Å². The first-order chi connectivity index (χ1) is 12.5. The summed E-state index contributed by atoms with van der Waals surface area (Å²) in [6.45, 7) is 3.48. The number of alkyl halides is 9. The Labute approximate surface area is 154 Å². The molecule has 0 bridgehead atoms. The molecule has 2 nitrogen and oxygen atoms in total. The summed E-state index contributed by atoms with van der Waals surface area (Å²) >= 11 is 0. The number of ether oxygens (including phenoxy) is 1. The van der Waals surface area contributed by atoms with Gasteiger partial charge >= 0.3 is 23.7 Å². The van der Waals surface area contributed by atoms with Gasteiger partial charge in [-0.25, -0.2) is 4.39 Å². The fourth-order valence-corrected chi connectivity index (χ4v) is 2.87. The number of benzene rings is 1. The smallest absolute Gasteiger partial charge is 0.381 e. The second kappa shape index (κ2) is 6.70. The highest BCUT2D eigenvalue weighted by Gasteiger charge is 3.00. The van der Waals surface area contributed by atoms with Gasteiger partial charge in [0.1, 0.15) is 5.75 Å². The van der Waals surface area contributed by atoms with E-state index in [9.17, 15) is 44.6 Å². The molecular formula is C17H17F9O2. The molecule has 0 aromatic heterocycles. The van der Waals surface area contributed by atoms with Gasteiger partial charge in [0, 0.05) is 12.0 Å². The summed E-state index contributed by atoms with van der Waals surface area (Å²) in [4.78, 5) is 0. The summed E-state index contributed by atoms with van der Waals surface area (Å²) in [5.41, 5.74) is -6.19. The van der Waals surface area contributed by atoms with E-state index in [0.29, 0.717) is 0 Å². The zero-order chi connectivity index (χ0) is 21.8. The maximum Gasteiger partial charge on any atom is 0.381 e. The first kappa shape index (κ1) is 22.6. The molecule has 1 aliphatic rings. The minimum absolute atomic E-state index is 0.0347. The Morgan fingerprint density at radius 3 is 1.75 bits per heavy atom. The number of para-hydroxylation sites is 1. The molecular weight excluding hydrogens is 407 g/mol. The highest BCUT2D eigenvalue weighted by molar-refractivity contribution is 5.36. The summed E-state index contributed by atoms with van der Waals surface area (Å²) in [7, 11) is 0. The molecule has 11 heteroatoms. The molecule has 0 spiro atoms. The Bertz CT molecular complexity index is 692. The Morgan fingerprint density at radius 1 is 0.821 bits per heavy atom. The lowest BCUT2D eigenvalue weighted by Crippen LogP contribution is -2.55. The number of rotatable bonds is 6. The summed E-state index contributed by atoms with van der Waals surface area (Å²) < 4.78 is 128. The van der Waals surface area contributed by atoms with Crippen LogP contribution in [0.4, 0.5) is 39.5 Å². The third-order valence-electron chi connectivity index (χ3n) is 4.50. The molecule has 1 aromatic rings. The molecule has 28 heavy (non-hydrogen) atoms. The quantitative estimate of drug-likeness (QED) is 0.619. The second-order valence-corrected chi connectivity index (χ2v) is 7.06. The van der Waals surface area contributed by atoms with Crippen molar-refractivity contribution in [3.8, 4) is 5.75 Å². The molecule has 1 aliphatic carbocycles. The Balaban J connectivity index is 2.44. The van der Waals surface area contributed by atoms with Crippen LogP contribution in [0.25, 0.3) is 0 Å². The van der Waals surface area contributed by atoms with Crippen molar-refractivity contribution in [2.45, 2.75) is 55.7 Å². The zero-order valence-electron chi connectivity index (χ0n) is 14.6. The average molecular weight is 424 g/mol. The van der Waals surface area contributed by atoms with Gasteiger partial charge in [-0.1, -0.05) is 32.0 Å². The highest BCUT2D eigenvalue weighted by atomic mass is 19.4. The minimum Gasteiger partial charge on any atom is -0.493 e. The van der Waals surface area contributed by atoms with Crippen molar-refractivity contribution in [2.24, 2.45) is 5.92 Å². The minimum atomic E-state index is -6.66. The van der Waals surface area contributed by atoms with Gasteiger partial charge < -0.3 is 9.84 Å². The number of aliphatic hydroxyl groups is 1. The van der Waals surface area contributed by atoms with Crippen LogP contribution < -0.4 is 4.74 Å². The van der Waals surface area contributed by atoms with Crippen LogP contribution in [-0.4, -0.2) is 41.1 Å². The van der Waals surface area contributed by atoms with Crippen molar-refractivity contribution in [1.29, 1.82) is 0 Å². The van der Waals surface area contributed by atoms with Gasteiger partial charge in [0.25, 0.3) is 5.67 Å². The third-order valence-corrected chi connectivity index (χ3v) is 4.50. The predicted octanol–water partition coefficient (Wildman–Crippen LogP) is 5.41. The van der Waals surface area contributed by atoms with Gasteiger partial charge in [0.2, 0.25) is 0 Å². The lowest BCUT2D eigenvalue weighted by Gasteiger charge is -2.32. The predicted molar refractivity (Wildman–Crippen MR) is 80.0 cm³/mol. The third kappa shape index (κ3) is 2.84. The van der Waals surface area contributed by atoms with Crippen molar-refractivity contribution >= 4 is 0 Å². The first-order valence-electron chi connectivity index (χ1n) is 8.14. The van der Waals surface area contributed by atoms with Crippen LogP contribution in [0, 0.1) is 5.92 Å². The van der Waals surface area contributed by atoms with Crippen LogP contribution in [-0.2, 0) is 0 Å². The van der Waals surface area contributed by atoms with Crippen LogP contribution in [0.15, 0.2) is 24.3 Å². The maximum atomic E-state index is 14.6. The summed E-state index contributed by atoms with van der Waals surface area (Å²) in [5, 5.41) is 10.0. The van der Waals surface area contributed by atoms with E-state index < -0.39 is 47.4 Å². The molecule has 0 saturated heterocycles. The van der Waals surface area contributed by atoms with E-state index in [1.807, 2.05) is 0 Å². The molecule has 1 saturated carbocycles. The summed E-state index contributed by atoms with van der Waals surface area (Å²) in [6.07, 6.45) is -4.95. The van der Waals surface area contributed by atoms with Gasteiger partial charge in [0.05, 0.1) is 12.7 Å². The van der Waals surface area contributed by atoms with Crippen molar-refractivity contribution < 1.29 is 49.4 Å². The second-order valence-electron chi connectivity index (χ2n) is 7.06. The summed E-state index contributed by atoms with van der Waals surface area (Å²) in [6, 6.07) is 4.75. The van der Waals surface area contributed by atoms with Crippen molar-refractivity contribution in [1.82, 2.24) is 0 Å². The van der Waals surface area contributed by atoms with Gasteiger partial charge in [-0.3, -0.25) is 0 Å². The maximum absolute atomic E-state index is 14.6. The molecule has 0 radical (unpaired) electrons. The Hall–Kier alpha value is -1.65. The van der Waals surface area contributed by atoms with Crippen molar-refractivity contribution in [3.05, 3.63) is 29.8 Å². The van der Waals surface area contributed by atoms with Crippen LogP contribution in [0.3, 0.4) is 0 Å². The lowest BCUT2D eigenvalue weighted by atomic mass is 9.87. The molecule has 160 valence electrons. The zero-order valence-corrected chi connectivity index (χ0v) is 14.6. The number of aliphatic hydroxyl groups excluding tert-OH is 1. The molecule has 0 amide bonds. The van der Waals surface area contributed by atoms with Gasteiger partial charge in [-0.2, -0.15) is 35.1 Å².